The summed E-state index contributed by atoms with van der Waals surface area (Å²) in [6.45, 7) is 7.51. The van der Waals surface area contributed by atoms with Gasteiger partial charge in [-0.2, -0.15) is 5.10 Å². The van der Waals surface area contributed by atoms with Crippen LogP contribution in [0.25, 0.3) is 0 Å². The van der Waals surface area contributed by atoms with Crippen molar-refractivity contribution < 1.29 is 4.39 Å². The maximum absolute atomic E-state index is 13.9. The molecule has 0 radical (unpaired) electrons. The van der Waals surface area contributed by atoms with Crippen LogP contribution in [0.3, 0.4) is 0 Å². The van der Waals surface area contributed by atoms with Gasteiger partial charge in [0, 0.05) is 18.0 Å². The first-order chi connectivity index (χ1) is 8.91. The zero-order valence-electron chi connectivity index (χ0n) is 12.2. The second-order valence-electron chi connectivity index (χ2n) is 6.17. The van der Waals surface area contributed by atoms with Crippen molar-refractivity contribution in [1.29, 1.82) is 0 Å². The maximum atomic E-state index is 13.9. The van der Waals surface area contributed by atoms with Crippen molar-refractivity contribution in [3.63, 3.8) is 0 Å². The smallest absolute Gasteiger partial charge is 0.151 e. The van der Waals surface area contributed by atoms with E-state index < -0.39 is 6.17 Å². The van der Waals surface area contributed by atoms with Crippen molar-refractivity contribution in [2.75, 3.05) is 25.0 Å². The Morgan fingerprint density at radius 2 is 2.05 bits per heavy atom. The Labute approximate surface area is 114 Å². The van der Waals surface area contributed by atoms with Crippen molar-refractivity contribution >= 4 is 5.82 Å². The van der Waals surface area contributed by atoms with Crippen LogP contribution < -0.4 is 10.2 Å². The molecule has 1 aliphatic rings. The molecule has 2 heterocycles. The van der Waals surface area contributed by atoms with Gasteiger partial charge in [0.05, 0.1) is 12.2 Å². The highest BCUT2D eigenvalue weighted by molar-refractivity contribution is 5.39. The van der Waals surface area contributed by atoms with Crippen LogP contribution in [-0.4, -0.2) is 42.5 Å². The molecule has 1 aliphatic heterocycles. The van der Waals surface area contributed by atoms with E-state index in [0.29, 0.717) is 6.54 Å². The molecule has 0 saturated carbocycles. The van der Waals surface area contributed by atoms with Gasteiger partial charge in [-0.05, 0) is 25.6 Å². The summed E-state index contributed by atoms with van der Waals surface area (Å²) < 4.78 is 13.9. The number of alkyl halides is 1. The summed E-state index contributed by atoms with van der Waals surface area (Å²) in [7, 11) is 1.81. The van der Waals surface area contributed by atoms with E-state index in [1.54, 1.807) is 0 Å². The number of hydrogen-bond acceptors (Lipinski definition) is 4. The van der Waals surface area contributed by atoms with Crippen LogP contribution >= 0.6 is 0 Å². The SMILES string of the molecule is CN[C@@H]1CCN(c2ccc(C(C)(C)C)nn2)C[C@@H]1F. The Hall–Kier alpha value is -1.23. The van der Waals surface area contributed by atoms with Crippen LogP contribution in [0.5, 0.6) is 0 Å². The van der Waals surface area contributed by atoms with Gasteiger partial charge in [-0.1, -0.05) is 20.8 Å². The van der Waals surface area contributed by atoms with Gasteiger partial charge in [0.25, 0.3) is 0 Å². The number of nitrogens with one attached hydrogen (secondary N) is 1. The Bertz CT molecular complexity index is 412. The lowest BCUT2D eigenvalue weighted by molar-refractivity contribution is 0.227. The molecule has 1 saturated heterocycles. The molecule has 1 aromatic heterocycles. The summed E-state index contributed by atoms with van der Waals surface area (Å²) in [5.41, 5.74) is 0.950. The summed E-state index contributed by atoms with van der Waals surface area (Å²) in [5.74, 6) is 0.769. The largest absolute Gasteiger partial charge is 0.352 e. The molecular weight excluding hydrogens is 243 g/mol. The lowest BCUT2D eigenvalue weighted by Gasteiger charge is -2.35. The Morgan fingerprint density at radius 1 is 1.32 bits per heavy atom. The quantitative estimate of drug-likeness (QED) is 0.888. The van der Waals surface area contributed by atoms with Crippen LogP contribution in [0.2, 0.25) is 0 Å². The third-order valence-electron chi connectivity index (χ3n) is 3.66. The number of rotatable bonds is 2. The molecule has 2 atom stereocenters. The van der Waals surface area contributed by atoms with E-state index in [0.717, 1.165) is 24.5 Å². The van der Waals surface area contributed by atoms with Crippen LogP contribution in [0.15, 0.2) is 12.1 Å². The Morgan fingerprint density at radius 3 is 2.53 bits per heavy atom. The topological polar surface area (TPSA) is 41.0 Å². The number of anilines is 1. The number of nitrogens with zero attached hydrogens (tertiary/aromatic N) is 3. The van der Waals surface area contributed by atoms with Gasteiger partial charge < -0.3 is 10.2 Å². The zero-order chi connectivity index (χ0) is 14.0. The fourth-order valence-corrected chi connectivity index (χ4v) is 2.33. The van der Waals surface area contributed by atoms with E-state index >= 15 is 0 Å². The normalized spacial score (nSPS) is 24.6. The van der Waals surface area contributed by atoms with E-state index in [9.17, 15) is 4.39 Å². The third-order valence-corrected chi connectivity index (χ3v) is 3.66. The molecule has 0 amide bonds. The molecule has 0 aliphatic carbocycles. The Kier molecular flexibility index (Phi) is 4.04. The number of aromatic nitrogens is 2. The van der Waals surface area contributed by atoms with Crippen molar-refractivity contribution in [3.05, 3.63) is 17.8 Å². The number of hydrogen-bond donors (Lipinski definition) is 1. The molecule has 4 nitrogen and oxygen atoms in total. The zero-order valence-corrected chi connectivity index (χ0v) is 12.2. The monoisotopic (exact) mass is 266 g/mol. The van der Waals surface area contributed by atoms with Gasteiger partial charge in [0.15, 0.2) is 5.82 Å². The fourth-order valence-electron chi connectivity index (χ4n) is 2.33. The molecule has 0 bridgehead atoms. The highest BCUT2D eigenvalue weighted by Gasteiger charge is 2.29. The van der Waals surface area contributed by atoms with Crippen LogP contribution in [0.4, 0.5) is 10.2 Å². The lowest BCUT2D eigenvalue weighted by atomic mass is 9.92. The van der Waals surface area contributed by atoms with Gasteiger partial charge in [-0.25, -0.2) is 4.39 Å². The van der Waals surface area contributed by atoms with Crippen LogP contribution in [0.1, 0.15) is 32.9 Å². The average molecular weight is 266 g/mol. The molecule has 0 aromatic carbocycles. The van der Waals surface area contributed by atoms with Crippen molar-refractivity contribution in [1.82, 2.24) is 15.5 Å². The first-order valence-electron chi connectivity index (χ1n) is 6.82. The third kappa shape index (κ3) is 3.21. The van der Waals surface area contributed by atoms with E-state index in [-0.39, 0.29) is 11.5 Å². The van der Waals surface area contributed by atoms with Gasteiger partial charge >= 0.3 is 0 Å². The molecule has 19 heavy (non-hydrogen) atoms. The minimum atomic E-state index is -0.858. The predicted octanol–water partition coefficient (Wildman–Crippen LogP) is 1.91. The summed E-state index contributed by atoms with van der Waals surface area (Å²) in [4.78, 5) is 1.97. The van der Waals surface area contributed by atoms with E-state index in [2.05, 4.69) is 36.3 Å². The molecule has 1 fully saturated rings. The highest BCUT2D eigenvalue weighted by atomic mass is 19.1. The first-order valence-corrected chi connectivity index (χ1v) is 6.82. The molecular formula is C14H23FN4. The maximum Gasteiger partial charge on any atom is 0.151 e. The molecule has 0 unspecified atom stereocenters. The standard InChI is InChI=1S/C14H23FN4/c1-14(2,3)12-5-6-13(18-17-12)19-8-7-11(16-4)10(15)9-19/h5-6,10-11,16H,7-9H2,1-4H3/t10-,11+/m0/s1. The van der Waals surface area contributed by atoms with Crippen LogP contribution in [0, 0.1) is 0 Å². The van der Waals surface area contributed by atoms with E-state index in [1.807, 2.05) is 24.1 Å². The van der Waals surface area contributed by atoms with Gasteiger partial charge in [0.1, 0.15) is 6.17 Å². The van der Waals surface area contributed by atoms with Gasteiger partial charge in [-0.3, -0.25) is 0 Å². The molecule has 1 N–H and O–H groups in total. The van der Waals surface area contributed by atoms with E-state index in [1.165, 1.54) is 0 Å². The van der Waals surface area contributed by atoms with E-state index in [4.69, 9.17) is 0 Å². The molecule has 5 heteroatoms. The summed E-state index contributed by atoms with van der Waals surface area (Å²) in [6.07, 6.45) is -0.0664. The minimum Gasteiger partial charge on any atom is -0.352 e. The van der Waals surface area contributed by atoms with Crippen molar-refractivity contribution in [3.8, 4) is 0 Å². The highest BCUT2D eigenvalue weighted by Crippen LogP contribution is 2.23. The second kappa shape index (κ2) is 5.41. The summed E-state index contributed by atoms with van der Waals surface area (Å²) in [5, 5.41) is 11.5. The van der Waals surface area contributed by atoms with Crippen molar-refractivity contribution in [2.24, 2.45) is 0 Å². The number of piperidine rings is 1. The summed E-state index contributed by atoms with van der Waals surface area (Å²) in [6, 6.07) is 3.89. The first kappa shape index (κ1) is 14.2. The molecule has 1 aromatic rings. The van der Waals surface area contributed by atoms with Gasteiger partial charge in [-0.15, -0.1) is 5.10 Å². The molecule has 0 spiro atoms. The Balaban J connectivity index is 2.07. The fraction of sp³-hybridized carbons (Fsp3) is 0.714. The second-order valence-corrected chi connectivity index (χ2v) is 6.17. The summed E-state index contributed by atoms with van der Waals surface area (Å²) >= 11 is 0. The molecule has 106 valence electrons. The molecule has 2 rings (SSSR count). The van der Waals surface area contributed by atoms with Gasteiger partial charge in [0.2, 0.25) is 0 Å². The lowest BCUT2D eigenvalue weighted by Crippen LogP contribution is -2.50. The predicted molar refractivity (Wildman–Crippen MR) is 75.3 cm³/mol. The van der Waals surface area contributed by atoms with Crippen molar-refractivity contribution in [2.45, 2.75) is 44.8 Å². The minimum absolute atomic E-state index is 0.00667. The number of halogens is 1. The average Bonchev–Trinajstić information content (AvgIpc) is 2.38. The van der Waals surface area contributed by atoms with Crippen LogP contribution in [-0.2, 0) is 5.41 Å².